The van der Waals surface area contributed by atoms with Crippen LogP contribution in [0, 0.1) is 0 Å². The molecule has 0 aliphatic carbocycles. The van der Waals surface area contributed by atoms with E-state index in [2.05, 4.69) is 18.7 Å². The predicted octanol–water partition coefficient (Wildman–Crippen LogP) is 4.21. The van der Waals surface area contributed by atoms with Gasteiger partial charge in [-0.2, -0.15) is 0 Å². The van der Waals surface area contributed by atoms with Crippen LogP contribution in [0.3, 0.4) is 0 Å². The Balaban J connectivity index is 0.00000259. The number of hydrogen-bond donors (Lipinski definition) is 0. The molecule has 2 aliphatic rings. The molecule has 8 nitrogen and oxygen atoms in total. The molecule has 5 rings (SSSR count). The van der Waals surface area contributed by atoms with Crippen LogP contribution in [0.2, 0.25) is 0 Å². The molecule has 0 bridgehead atoms. The number of fused-ring (bicyclic) bond motifs is 3. The van der Waals surface area contributed by atoms with Crippen molar-refractivity contribution in [1.82, 2.24) is 9.88 Å². The topological polar surface area (TPSA) is 73.4 Å². The van der Waals surface area contributed by atoms with E-state index in [1.165, 1.54) is 11.3 Å². The van der Waals surface area contributed by atoms with Crippen molar-refractivity contribution in [3.63, 3.8) is 0 Å². The normalized spacial score (nSPS) is 13.8. The smallest absolute Gasteiger partial charge is 0.260 e. The van der Waals surface area contributed by atoms with Gasteiger partial charge in [0, 0.05) is 30.8 Å². The Bertz CT molecular complexity index is 1110. The molecule has 0 N–H and O–H groups in total. The Kier molecular flexibility index (Phi) is 7.11. The summed E-state index contributed by atoms with van der Waals surface area (Å²) in [5, 5.41) is 0.649. The van der Waals surface area contributed by atoms with Gasteiger partial charge in [-0.1, -0.05) is 25.2 Å². The number of carbonyl (C=O) groups is 1. The summed E-state index contributed by atoms with van der Waals surface area (Å²) in [5.41, 5.74) is 1.33. The third-order valence-electron chi connectivity index (χ3n) is 5.67. The third-order valence-corrected chi connectivity index (χ3v) is 6.71. The van der Waals surface area contributed by atoms with Crippen LogP contribution < -0.4 is 23.8 Å². The summed E-state index contributed by atoms with van der Waals surface area (Å²) < 4.78 is 23.2. The van der Waals surface area contributed by atoms with Gasteiger partial charge in [0.1, 0.15) is 13.2 Å². The summed E-state index contributed by atoms with van der Waals surface area (Å²) in [5.74, 6) is 2.54. The van der Waals surface area contributed by atoms with Gasteiger partial charge in [0.25, 0.3) is 5.91 Å². The van der Waals surface area contributed by atoms with Crippen molar-refractivity contribution < 1.29 is 23.7 Å². The Morgan fingerprint density at radius 3 is 2.39 bits per heavy atom. The molecule has 1 aromatic heterocycles. The Morgan fingerprint density at radius 1 is 0.939 bits per heavy atom. The minimum absolute atomic E-state index is 0. The van der Waals surface area contributed by atoms with E-state index >= 15 is 0 Å². The summed E-state index contributed by atoms with van der Waals surface area (Å²) in [6.07, 6.45) is 0. The first kappa shape index (κ1) is 23.4. The van der Waals surface area contributed by atoms with Crippen LogP contribution in [0.1, 0.15) is 24.2 Å². The van der Waals surface area contributed by atoms with Crippen molar-refractivity contribution in [3.8, 4) is 23.0 Å². The lowest BCUT2D eigenvalue weighted by Gasteiger charge is -2.25. The van der Waals surface area contributed by atoms with Crippen LogP contribution in [0.25, 0.3) is 10.2 Å². The molecule has 2 aromatic carbocycles. The van der Waals surface area contributed by atoms with E-state index in [0.717, 1.165) is 29.9 Å². The molecule has 2 aliphatic heterocycles. The van der Waals surface area contributed by atoms with E-state index in [0.29, 0.717) is 53.5 Å². The van der Waals surface area contributed by atoms with Crippen LogP contribution in [0.15, 0.2) is 30.3 Å². The van der Waals surface area contributed by atoms with Gasteiger partial charge >= 0.3 is 0 Å². The highest BCUT2D eigenvalue weighted by Gasteiger charge is 2.25. The van der Waals surface area contributed by atoms with E-state index in [1.807, 2.05) is 12.1 Å². The zero-order chi connectivity index (χ0) is 22.1. The molecular weight excluding hydrogens is 466 g/mol. The number of ether oxygens (including phenoxy) is 4. The number of rotatable bonds is 7. The van der Waals surface area contributed by atoms with Gasteiger partial charge in [-0.25, -0.2) is 4.98 Å². The fraction of sp³-hybridized carbons (Fsp3) is 0.391. The van der Waals surface area contributed by atoms with Gasteiger partial charge < -0.3 is 23.8 Å². The minimum Gasteiger partial charge on any atom is -0.486 e. The number of likely N-dealkylation sites (N-methyl/N-ethyl adjacent to an activating group) is 1. The number of anilines is 1. The summed E-state index contributed by atoms with van der Waals surface area (Å²) in [7, 11) is 0. The van der Waals surface area contributed by atoms with Crippen molar-refractivity contribution in [2.75, 3.05) is 51.1 Å². The number of thiazole rings is 1. The highest BCUT2D eigenvalue weighted by atomic mass is 35.5. The molecule has 10 heteroatoms. The summed E-state index contributed by atoms with van der Waals surface area (Å²) >= 11 is 1.47. The van der Waals surface area contributed by atoms with E-state index in [-0.39, 0.29) is 25.1 Å². The quantitative estimate of drug-likeness (QED) is 0.490. The maximum atomic E-state index is 13.6. The average Bonchev–Trinajstić information content (AvgIpc) is 3.45. The first-order chi connectivity index (χ1) is 15.7. The molecule has 0 unspecified atom stereocenters. The van der Waals surface area contributed by atoms with Gasteiger partial charge in [0.2, 0.25) is 6.79 Å². The van der Waals surface area contributed by atoms with Crippen molar-refractivity contribution in [2.24, 2.45) is 0 Å². The van der Waals surface area contributed by atoms with E-state index in [9.17, 15) is 4.79 Å². The fourth-order valence-corrected chi connectivity index (χ4v) is 4.82. The number of halogens is 1. The zero-order valence-electron chi connectivity index (χ0n) is 18.5. The van der Waals surface area contributed by atoms with Gasteiger partial charge in [-0.15, -0.1) is 12.4 Å². The van der Waals surface area contributed by atoms with Crippen LogP contribution in [0.5, 0.6) is 23.0 Å². The van der Waals surface area contributed by atoms with Crippen LogP contribution in [-0.4, -0.2) is 62.0 Å². The van der Waals surface area contributed by atoms with Crippen LogP contribution in [0.4, 0.5) is 5.13 Å². The van der Waals surface area contributed by atoms with Gasteiger partial charge in [-0.05, 0) is 31.3 Å². The lowest BCUT2D eigenvalue weighted by molar-refractivity contribution is 0.0982. The lowest BCUT2D eigenvalue weighted by Crippen LogP contribution is -2.39. The molecule has 0 saturated heterocycles. The molecule has 0 spiro atoms. The lowest BCUT2D eigenvalue weighted by atomic mass is 10.1. The zero-order valence-corrected chi connectivity index (χ0v) is 20.2. The third kappa shape index (κ3) is 4.66. The monoisotopic (exact) mass is 491 g/mol. The molecule has 33 heavy (non-hydrogen) atoms. The summed E-state index contributed by atoms with van der Waals surface area (Å²) in [4.78, 5) is 22.4. The number of benzene rings is 2. The molecule has 176 valence electrons. The number of amides is 1. The molecule has 3 aromatic rings. The largest absolute Gasteiger partial charge is 0.486 e. The number of carbonyl (C=O) groups excluding carboxylic acids is 1. The molecule has 3 heterocycles. The maximum absolute atomic E-state index is 13.6. The minimum atomic E-state index is -0.117. The second kappa shape index (κ2) is 10.0. The molecule has 1 amide bonds. The predicted molar refractivity (Wildman–Crippen MR) is 130 cm³/mol. The van der Waals surface area contributed by atoms with E-state index in [4.69, 9.17) is 23.9 Å². The second-order valence-electron chi connectivity index (χ2n) is 7.51. The average molecular weight is 492 g/mol. The standard InChI is InChI=1S/C23H25N3O5S.ClH/c1-3-25(4-2)7-8-26(22(27)15-5-6-17-18(11-15)29-10-9-28-17)23-24-16-12-19-20(31-14-30-19)13-21(16)32-23;/h5-6,11-13H,3-4,7-10,14H2,1-2H3;1H. The highest BCUT2D eigenvalue weighted by molar-refractivity contribution is 7.22. The van der Waals surface area contributed by atoms with Crippen molar-refractivity contribution >= 4 is 45.0 Å². The Morgan fingerprint density at radius 2 is 1.64 bits per heavy atom. The second-order valence-corrected chi connectivity index (χ2v) is 8.52. The van der Waals surface area contributed by atoms with Gasteiger partial charge in [0.05, 0.1) is 10.2 Å². The fourth-order valence-electron chi connectivity index (χ4n) is 3.82. The van der Waals surface area contributed by atoms with Crippen molar-refractivity contribution in [1.29, 1.82) is 0 Å². The van der Waals surface area contributed by atoms with Gasteiger partial charge in [0.15, 0.2) is 28.1 Å². The molecule has 0 radical (unpaired) electrons. The summed E-state index contributed by atoms with van der Waals surface area (Å²) in [6, 6.07) is 9.13. The van der Waals surface area contributed by atoms with E-state index in [1.54, 1.807) is 23.1 Å². The highest BCUT2D eigenvalue weighted by Crippen LogP contribution is 2.40. The molecule has 0 fully saturated rings. The first-order valence-corrected chi connectivity index (χ1v) is 11.6. The number of aromatic nitrogens is 1. The van der Waals surface area contributed by atoms with Crippen molar-refractivity contribution in [2.45, 2.75) is 13.8 Å². The number of hydrogen-bond acceptors (Lipinski definition) is 8. The first-order valence-electron chi connectivity index (χ1n) is 10.8. The summed E-state index contributed by atoms with van der Waals surface area (Å²) in [6.45, 7) is 8.57. The van der Waals surface area contributed by atoms with Crippen molar-refractivity contribution in [3.05, 3.63) is 35.9 Å². The molecule has 0 saturated carbocycles. The molecular formula is C23H26ClN3O5S. The van der Waals surface area contributed by atoms with Crippen LogP contribution >= 0.6 is 23.7 Å². The number of nitrogens with zero attached hydrogens (tertiary/aromatic N) is 3. The molecule has 0 atom stereocenters. The van der Waals surface area contributed by atoms with E-state index < -0.39 is 0 Å². The maximum Gasteiger partial charge on any atom is 0.260 e. The Hall–Kier alpha value is -2.75. The van der Waals surface area contributed by atoms with Crippen LogP contribution in [-0.2, 0) is 0 Å². The van der Waals surface area contributed by atoms with Gasteiger partial charge in [-0.3, -0.25) is 9.69 Å². The Labute approximate surface area is 202 Å². The SMILES string of the molecule is CCN(CC)CCN(C(=O)c1ccc2c(c1)OCCO2)c1nc2cc3c(cc2s1)OCO3.Cl.